The molecular formula is C19H15N3O4S. The first kappa shape index (κ1) is 17.0. The molecule has 0 spiro atoms. The molecule has 2 heterocycles. The van der Waals surface area contributed by atoms with Crippen molar-refractivity contribution >= 4 is 49.1 Å². The lowest BCUT2D eigenvalue weighted by Crippen LogP contribution is -2.09. The van der Waals surface area contributed by atoms with E-state index in [2.05, 4.69) is 15.0 Å². The van der Waals surface area contributed by atoms with Crippen molar-refractivity contribution in [1.82, 2.24) is 4.98 Å². The fraction of sp³-hybridized carbons (Fsp3) is 0.0526. The molecule has 0 saturated heterocycles. The summed E-state index contributed by atoms with van der Waals surface area (Å²) < 4.78 is 30.3. The minimum Gasteiger partial charge on any atom is -0.404 e. The number of nitrogens with zero attached hydrogens (tertiary/aromatic N) is 1. The molecule has 0 saturated carbocycles. The maximum Gasteiger partial charge on any atom is 0.337 e. The highest BCUT2D eigenvalue weighted by Crippen LogP contribution is 2.32. The van der Waals surface area contributed by atoms with Crippen LogP contribution in [0.5, 0.6) is 0 Å². The van der Waals surface area contributed by atoms with Crippen molar-refractivity contribution in [3.05, 3.63) is 71.1 Å². The molecule has 0 aliphatic heterocycles. The van der Waals surface area contributed by atoms with Crippen LogP contribution in [-0.2, 0) is 10.0 Å². The van der Waals surface area contributed by atoms with Crippen molar-refractivity contribution < 1.29 is 12.8 Å². The number of nitrogens with one attached hydrogen (secondary N) is 2. The number of para-hydroxylation sites is 1. The number of anilines is 3. The molecule has 0 bridgehead atoms. The van der Waals surface area contributed by atoms with E-state index in [9.17, 15) is 13.2 Å². The van der Waals surface area contributed by atoms with Crippen LogP contribution in [0.1, 0.15) is 0 Å². The van der Waals surface area contributed by atoms with Crippen LogP contribution >= 0.6 is 0 Å². The Kier molecular flexibility index (Phi) is 4.04. The lowest BCUT2D eigenvalue weighted by molar-refractivity contribution is 0.551. The van der Waals surface area contributed by atoms with Crippen molar-refractivity contribution in [3.63, 3.8) is 0 Å². The Labute approximate surface area is 154 Å². The molecule has 4 rings (SSSR count). The summed E-state index contributed by atoms with van der Waals surface area (Å²) in [6.07, 6.45) is 1.10. The van der Waals surface area contributed by atoms with Crippen LogP contribution in [0.25, 0.3) is 22.0 Å². The molecule has 27 heavy (non-hydrogen) atoms. The minimum absolute atomic E-state index is 0.249. The number of benzene rings is 2. The third-order valence-electron chi connectivity index (χ3n) is 3.94. The zero-order valence-electron chi connectivity index (χ0n) is 14.3. The Balaban J connectivity index is 1.81. The van der Waals surface area contributed by atoms with Crippen LogP contribution < -0.4 is 15.7 Å². The average Bonchev–Trinajstić information content (AvgIpc) is 2.61. The van der Waals surface area contributed by atoms with Crippen LogP contribution in [0.4, 0.5) is 17.1 Å². The number of aromatic nitrogens is 1. The summed E-state index contributed by atoms with van der Waals surface area (Å²) in [5.41, 5.74) is 2.45. The maximum atomic E-state index is 11.6. The van der Waals surface area contributed by atoms with Crippen LogP contribution in [0.3, 0.4) is 0 Å². The van der Waals surface area contributed by atoms with Crippen molar-refractivity contribution in [2.24, 2.45) is 0 Å². The molecule has 0 atom stereocenters. The molecule has 4 aromatic rings. The van der Waals surface area contributed by atoms with Gasteiger partial charge in [-0.1, -0.05) is 18.2 Å². The van der Waals surface area contributed by atoms with Gasteiger partial charge in [0.05, 0.1) is 22.8 Å². The molecule has 0 radical (unpaired) electrons. The molecule has 7 nitrogen and oxygen atoms in total. The van der Waals surface area contributed by atoms with E-state index in [0.29, 0.717) is 16.6 Å². The first-order chi connectivity index (χ1) is 12.9. The molecule has 0 fully saturated rings. The number of sulfonamides is 1. The predicted molar refractivity (Wildman–Crippen MR) is 106 cm³/mol. The van der Waals surface area contributed by atoms with Gasteiger partial charge in [-0.25, -0.2) is 18.2 Å². The van der Waals surface area contributed by atoms with Crippen molar-refractivity contribution in [2.75, 3.05) is 16.3 Å². The normalized spacial score (nSPS) is 11.6. The molecule has 0 aliphatic carbocycles. The van der Waals surface area contributed by atoms with E-state index < -0.39 is 15.6 Å². The van der Waals surface area contributed by atoms with Gasteiger partial charge in [0.2, 0.25) is 15.7 Å². The van der Waals surface area contributed by atoms with Gasteiger partial charge in [0.15, 0.2) is 0 Å². The fourth-order valence-electron chi connectivity index (χ4n) is 2.83. The predicted octanol–water partition coefficient (Wildman–Crippen LogP) is 3.46. The maximum absolute atomic E-state index is 11.6. The largest absolute Gasteiger partial charge is 0.404 e. The number of pyridine rings is 1. The third kappa shape index (κ3) is 3.61. The number of fused-ring (bicyclic) bond motifs is 2. The average molecular weight is 381 g/mol. The van der Waals surface area contributed by atoms with Crippen molar-refractivity contribution in [3.8, 4) is 0 Å². The summed E-state index contributed by atoms with van der Waals surface area (Å²) in [7, 11) is -3.33. The fourth-order valence-corrected chi connectivity index (χ4v) is 3.40. The number of rotatable bonds is 4. The van der Waals surface area contributed by atoms with Gasteiger partial charge in [0.1, 0.15) is 0 Å². The molecule has 0 unspecified atom stereocenters. The Morgan fingerprint density at radius 3 is 2.33 bits per heavy atom. The molecule has 2 aromatic heterocycles. The first-order valence-electron chi connectivity index (χ1n) is 8.06. The van der Waals surface area contributed by atoms with E-state index in [1.165, 1.54) is 6.07 Å². The lowest BCUT2D eigenvalue weighted by atomic mass is 10.1. The second kappa shape index (κ2) is 6.40. The van der Waals surface area contributed by atoms with Gasteiger partial charge in [0.25, 0.3) is 0 Å². The molecule has 0 amide bonds. The molecule has 0 aliphatic rings. The molecule has 8 heteroatoms. The van der Waals surface area contributed by atoms with E-state index in [-0.39, 0.29) is 5.71 Å². The zero-order chi connectivity index (χ0) is 19.0. The lowest BCUT2D eigenvalue weighted by Gasteiger charge is -2.13. The van der Waals surface area contributed by atoms with Gasteiger partial charge >= 0.3 is 5.63 Å². The Morgan fingerprint density at radius 1 is 0.889 bits per heavy atom. The second-order valence-electron chi connectivity index (χ2n) is 6.05. The van der Waals surface area contributed by atoms with Gasteiger partial charge in [-0.2, -0.15) is 0 Å². The summed E-state index contributed by atoms with van der Waals surface area (Å²) in [6.45, 7) is 0. The van der Waals surface area contributed by atoms with Gasteiger partial charge in [-0.05, 0) is 36.4 Å². The minimum atomic E-state index is -3.33. The highest BCUT2D eigenvalue weighted by molar-refractivity contribution is 7.92. The van der Waals surface area contributed by atoms with E-state index in [4.69, 9.17) is 4.42 Å². The van der Waals surface area contributed by atoms with Crippen LogP contribution in [0, 0.1) is 0 Å². The Hall–Kier alpha value is -3.39. The zero-order valence-corrected chi connectivity index (χ0v) is 15.1. The smallest absolute Gasteiger partial charge is 0.337 e. The SMILES string of the molecule is CS(=O)(=O)Nc1ccc(Nc2c3ccccc3nc3oc(=O)ccc23)cc1. The van der Waals surface area contributed by atoms with Crippen LogP contribution in [0.2, 0.25) is 0 Å². The summed E-state index contributed by atoms with van der Waals surface area (Å²) in [6, 6.07) is 17.4. The summed E-state index contributed by atoms with van der Waals surface area (Å²) >= 11 is 0. The molecule has 2 aromatic carbocycles. The first-order valence-corrected chi connectivity index (χ1v) is 9.96. The van der Waals surface area contributed by atoms with E-state index in [1.807, 2.05) is 24.3 Å². The highest BCUT2D eigenvalue weighted by Gasteiger charge is 2.11. The van der Waals surface area contributed by atoms with Gasteiger partial charge < -0.3 is 9.73 Å². The summed E-state index contributed by atoms with van der Waals surface area (Å²) in [5, 5.41) is 4.87. The second-order valence-corrected chi connectivity index (χ2v) is 7.80. The van der Waals surface area contributed by atoms with E-state index in [0.717, 1.165) is 23.0 Å². The monoisotopic (exact) mass is 381 g/mol. The Morgan fingerprint density at radius 2 is 1.59 bits per heavy atom. The van der Waals surface area contributed by atoms with E-state index >= 15 is 0 Å². The third-order valence-corrected chi connectivity index (χ3v) is 4.54. The standard InChI is InChI=1S/C19H15N3O4S/c1-27(24,25)22-13-8-6-12(7-9-13)20-18-14-4-2-3-5-16(14)21-19-15(18)10-11-17(23)26-19/h2-11,22H,1H3,(H,20,21). The Bertz CT molecular complexity index is 1310. The van der Waals surface area contributed by atoms with Gasteiger partial charge in [-0.3, -0.25) is 4.72 Å². The quantitative estimate of drug-likeness (QED) is 0.525. The van der Waals surface area contributed by atoms with Crippen LogP contribution in [-0.4, -0.2) is 19.7 Å². The summed E-state index contributed by atoms with van der Waals surface area (Å²) in [4.78, 5) is 16.0. The summed E-state index contributed by atoms with van der Waals surface area (Å²) in [5.74, 6) is 0. The number of hydrogen-bond acceptors (Lipinski definition) is 6. The molecule has 2 N–H and O–H groups in total. The van der Waals surface area contributed by atoms with Gasteiger partial charge in [-0.15, -0.1) is 0 Å². The van der Waals surface area contributed by atoms with Crippen molar-refractivity contribution in [2.45, 2.75) is 0 Å². The van der Waals surface area contributed by atoms with Crippen LogP contribution in [0.15, 0.2) is 69.9 Å². The highest BCUT2D eigenvalue weighted by atomic mass is 32.2. The van der Waals surface area contributed by atoms with Crippen molar-refractivity contribution in [1.29, 1.82) is 0 Å². The topological polar surface area (TPSA) is 101 Å². The number of hydrogen-bond donors (Lipinski definition) is 2. The van der Waals surface area contributed by atoms with E-state index in [1.54, 1.807) is 30.3 Å². The molecular weight excluding hydrogens is 366 g/mol. The molecule has 136 valence electrons. The van der Waals surface area contributed by atoms with Gasteiger partial charge in [0, 0.05) is 22.8 Å².